The third-order valence-corrected chi connectivity index (χ3v) is 3.52. The second kappa shape index (κ2) is 5.12. The molecule has 7 heteroatoms. The Morgan fingerprint density at radius 1 is 1.04 bits per heavy atom. The number of nitrogens with one attached hydrogen (secondary N) is 2. The monoisotopic (exact) mass is 311 g/mol. The lowest BCUT2D eigenvalue weighted by Crippen LogP contribution is -2.23. The molecule has 3 rings (SSSR count). The molecule has 0 aliphatic carbocycles. The fraction of sp³-hybridized carbons (Fsp3) is 0.312. The van der Waals surface area contributed by atoms with Crippen LogP contribution in [0.25, 0.3) is 22.3 Å². The van der Waals surface area contributed by atoms with Gasteiger partial charge in [0.15, 0.2) is 5.52 Å². The van der Waals surface area contributed by atoms with Gasteiger partial charge in [0, 0.05) is 23.4 Å². The van der Waals surface area contributed by atoms with Crippen molar-refractivity contribution in [2.24, 2.45) is 0 Å². The number of H-pyrrole nitrogens is 2. The van der Waals surface area contributed by atoms with Crippen LogP contribution in [0.3, 0.4) is 0 Å². The minimum absolute atomic E-state index is 0.137. The molecule has 0 fully saturated rings. The summed E-state index contributed by atoms with van der Waals surface area (Å²) in [6.45, 7) is 7.93. The van der Waals surface area contributed by atoms with Crippen LogP contribution in [0.1, 0.15) is 32.2 Å². The van der Waals surface area contributed by atoms with E-state index in [9.17, 15) is 9.59 Å². The van der Waals surface area contributed by atoms with E-state index in [1.165, 1.54) is 0 Å². The number of hydrogen-bond acceptors (Lipinski definition) is 5. The minimum atomic E-state index is -0.544. The van der Waals surface area contributed by atoms with Gasteiger partial charge in [0.1, 0.15) is 5.82 Å². The summed E-state index contributed by atoms with van der Waals surface area (Å²) in [6, 6.07) is 1.80. The number of aryl methyl sites for hydroxylation is 1. The van der Waals surface area contributed by atoms with E-state index in [-0.39, 0.29) is 10.9 Å². The molecule has 118 valence electrons. The van der Waals surface area contributed by atoms with E-state index < -0.39 is 11.2 Å². The molecule has 0 unspecified atom stereocenters. The Morgan fingerprint density at radius 3 is 2.30 bits per heavy atom. The highest BCUT2D eigenvalue weighted by atomic mass is 16.2. The molecule has 2 N–H and O–H groups in total. The summed E-state index contributed by atoms with van der Waals surface area (Å²) in [5.41, 5.74) is 1.50. The van der Waals surface area contributed by atoms with Crippen molar-refractivity contribution in [1.82, 2.24) is 24.9 Å². The first-order chi connectivity index (χ1) is 10.8. The van der Waals surface area contributed by atoms with Crippen molar-refractivity contribution in [3.63, 3.8) is 0 Å². The molecule has 3 aromatic rings. The molecule has 0 amide bonds. The molecular weight excluding hydrogens is 294 g/mol. The Hall–Kier alpha value is -2.83. The Kier molecular flexibility index (Phi) is 3.35. The number of hydrogen-bond donors (Lipinski definition) is 2. The van der Waals surface area contributed by atoms with Gasteiger partial charge < -0.3 is 4.98 Å². The number of nitrogens with zero attached hydrogens (tertiary/aromatic N) is 3. The van der Waals surface area contributed by atoms with Gasteiger partial charge in [-0.3, -0.25) is 9.78 Å². The smallest absolute Gasteiger partial charge is 0.305 e. The van der Waals surface area contributed by atoms with E-state index in [2.05, 4.69) is 24.9 Å². The van der Waals surface area contributed by atoms with Crippen LogP contribution in [0.2, 0.25) is 0 Å². The van der Waals surface area contributed by atoms with Gasteiger partial charge in [0.05, 0.1) is 11.2 Å². The molecular formula is C16H17N5O2. The highest BCUT2D eigenvalue weighted by Crippen LogP contribution is 2.22. The number of fused-ring (bicyclic) bond motifs is 1. The molecule has 3 heterocycles. The summed E-state index contributed by atoms with van der Waals surface area (Å²) in [6.07, 6.45) is 3.39. The van der Waals surface area contributed by atoms with Crippen molar-refractivity contribution in [3.8, 4) is 11.3 Å². The van der Waals surface area contributed by atoms with Gasteiger partial charge in [-0.25, -0.2) is 19.7 Å². The highest BCUT2D eigenvalue weighted by Gasteiger charge is 2.17. The topological polar surface area (TPSA) is 104 Å². The Labute approximate surface area is 131 Å². The maximum atomic E-state index is 12.0. The summed E-state index contributed by atoms with van der Waals surface area (Å²) in [7, 11) is 0. The van der Waals surface area contributed by atoms with E-state index in [1.807, 2.05) is 27.7 Å². The first-order valence-corrected chi connectivity index (χ1v) is 7.22. The largest absolute Gasteiger partial charge is 0.326 e. The molecule has 7 nitrogen and oxygen atoms in total. The molecule has 0 aromatic carbocycles. The third kappa shape index (κ3) is 2.77. The average molecular weight is 311 g/mol. The normalized spacial score (nSPS) is 11.8. The van der Waals surface area contributed by atoms with Crippen LogP contribution in [-0.2, 0) is 5.41 Å². The highest BCUT2D eigenvalue weighted by molar-refractivity contribution is 5.80. The van der Waals surface area contributed by atoms with Crippen LogP contribution in [0.15, 0.2) is 28.0 Å². The van der Waals surface area contributed by atoms with Crippen molar-refractivity contribution in [1.29, 1.82) is 0 Å². The Balaban J connectivity index is 2.18. The van der Waals surface area contributed by atoms with E-state index in [0.717, 1.165) is 11.4 Å². The predicted molar refractivity (Wildman–Crippen MR) is 87.4 cm³/mol. The predicted octanol–water partition coefficient (Wildman–Crippen LogP) is 1.67. The molecule has 0 aliphatic rings. The second-order valence-electron chi connectivity index (χ2n) is 6.50. The fourth-order valence-electron chi connectivity index (χ4n) is 2.30. The average Bonchev–Trinajstić information content (AvgIpc) is 2.47. The van der Waals surface area contributed by atoms with Gasteiger partial charge in [0.2, 0.25) is 0 Å². The maximum absolute atomic E-state index is 12.0. The lowest BCUT2D eigenvalue weighted by atomic mass is 9.95. The minimum Gasteiger partial charge on any atom is -0.305 e. The molecule has 23 heavy (non-hydrogen) atoms. The van der Waals surface area contributed by atoms with E-state index in [0.29, 0.717) is 16.8 Å². The van der Waals surface area contributed by atoms with E-state index >= 15 is 0 Å². The molecule has 0 saturated carbocycles. The van der Waals surface area contributed by atoms with E-state index in [1.54, 1.807) is 18.5 Å². The van der Waals surface area contributed by atoms with Gasteiger partial charge in [-0.15, -0.1) is 0 Å². The summed E-state index contributed by atoms with van der Waals surface area (Å²) in [4.78, 5) is 41.2. The summed E-state index contributed by atoms with van der Waals surface area (Å²) in [5.74, 6) is 0.737. The van der Waals surface area contributed by atoms with E-state index in [4.69, 9.17) is 0 Å². The summed E-state index contributed by atoms with van der Waals surface area (Å²) >= 11 is 0. The van der Waals surface area contributed by atoms with Crippen LogP contribution in [0.5, 0.6) is 0 Å². The summed E-state index contributed by atoms with van der Waals surface area (Å²) < 4.78 is 0. The molecule has 0 spiro atoms. The van der Waals surface area contributed by atoms with Crippen LogP contribution in [0.4, 0.5) is 0 Å². The number of pyridine rings is 1. The van der Waals surface area contributed by atoms with Gasteiger partial charge in [-0.1, -0.05) is 20.8 Å². The summed E-state index contributed by atoms with van der Waals surface area (Å²) in [5, 5.41) is 0. The zero-order valence-electron chi connectivity index (χ0n) is 13.4. The van der Waals surface area contributed by atoms with Crippen molar-refractivity contribution in [2.75, 3.05) is 0 Å². The van der Waals surface area contributed by atoms with Crippen molar-refractivity contribution in [2.45, 2.75) is 33.1 Å². The van der Waals surface area contributed by atoms with Crippen molar-refractivity contribution >= 4 is 11.0 Å². The van der Waals surface area contributed by atoms with Crippen LogP contribution >= 0.6 is 0 Å². The third-order valence-electron chi connectivity index (χ3n) is 3.52. The van der Waals surface area contributed by atoms with Crippen LogP contribution in [0, 0.1) is 6.92 Å². The molecule has 0 radical (unpaired) electrons. The zero-order chi connectivity index (χ0) is 16.8. The molecule has 3 aromatic heterocycles. The fourth-order valence-corrected chi connectivity index (χ4v) is 2.30. The number of aromatic amines is 2. The van der Waals surface area contributed by atoms with Gasteiger partial charge in [-0.2, -0.15) is 0 Å². The Morgan fingerprint density at radius 2 is 1.70 bits per heavy atom. The van der Waals surface area contributed by atoms with Gasteiger partial charge >= 0.3 is 5.69 Å². The molecule has 0 atom stereocenters. The van der Waals surface area contributed by atoms with Crippen LogP contribution in [-0.4, -0.2) is 24.9 Å². The maximum Gasteiger partial charge on any atom is 0.326 e. The second-order valence-corrected chi connectivity index (χ2v) is 6.50. The number of aromatic nitrogens is 5. The Bertz CT molecular complexity index is 994. The molecule has 0 aliphatic heterocycles. The molecule has 0 saturated heterocycles. The lowest BCUT2D eigenvalue weighted by Gasteiger charge is -2.16. The standard InChI is InChI=1S/C16H17N5O2/c1-8-5-10(9-6-17-14(18-7-9)16(2,3)4)19-12-11(8)20-15(23)21-13(12)22/h5-7H,1-4H3,(H2,20,21,22,23). The van der Waals surface area contributed by atoms with Crippen molar-refractivity contribution < 1.29 is 0 Å². The SMILES string of the molecule is Cc1cc(-c2cnc(C(C)(C)C)nc2)nc2c(=O)[nH]c(=O)[nH]c12. The first-order valence-electron chi connectivity index (χ1n) is 7.22. The van der Waals surface area contributed by atoms with Crippen LogP contribution < -0.4 is 11.2 Å². The van der Waals surface area contributed by atoms with Gasteiger partial charge in [-0.05, 0) is 18.6 Å². The van der Waals surface area contributed by atoms with Gasteiger partial charge in [0.25, 0.3) is 5.56 Å². The number of rotatable bonds is 1. The quantitative estimate of drug-likeness (QED) is 0.711. The lowest BCUT2D eigenvalue weighted by molar-refractivity contribution is 0.545. The molecule has 0 bridgehead atoms. The van der Waals surface area contributed by atoms with Crippen molar-refractivity contribution in [3.05, 3.63) is 50.7 Å². The zero-order valence-corrected chi connectivity index (χ0v) is 13.4. The first kappa shape index (κ1) is 15.1.